The van der Waals surface area contributed by atoms with Crippen molar-refractivity contribution in [2.24, 2.45) is 45.3 Å². The van der Waals surface area contributed by atoms with E-state index < -0.39 is 31.5 Å². The Kier molecular flexibility index (Phi) is 47.8. The molecule has 0 radical (unpaired) electrons. The van der Waals surface area contributed by atoms with E-state index in [2.05, 4.69) is 18.9 Å². The van der Waals surface area contributed by atoms with Gasteiger partial charge in [0.05, 0.1) is 22.7 Å². The third-order valence-electron chi connectivity index (χ3n) is 8.36. The minimum atomic E-state index is -2.67. The molecule has 0 aliphatic heterocycles. The van der Waals surface area contributed by atoms with Gasteiger partial charge in [-0.2, -0.15) is 0 Å². The normalized spacial score (nSPS) is 10.9. The number of sulfone groups is 1. The number of hydrogen-bond donors (Lipinski definition) is 0. The van der Waals surface area contributed by atoms with Crippen LogP contribution in [0.1, 0.15) is 205 Å². The van der Waals surface area contributed by atoms with Crippen molar-refractivity contribution in [3.05, 3.63) is 0 Å². The van der Waals surface area contributed by atoms with Crippen LogP contribution >= 0.6 is 0 Å². The summed E-state index contributed by atoms with van der Waals surface area (Å²) in [7, 11) is -2.67. The van der Waals surface area contributed by atoms with Crippen LogP contribution in [0.4, 0.5) is 0 Å². The van der Waals surface area contributed by atoms with E-state index in [0.717, 1.165) is 6.42 Å². The standard InChI is InChI=1S/C11H20O4.C10H18O2.C9H16O4.C8H14O2.C7H12O4.C6H10O2.C4H10O2S/c1-10(2,3)8(12)14-7-15-9(13)11(4,5)6;1-9(2,3)7(11)8(12)10(4,5)6;1-6(2)8(10)12-5-13-9(11)7(3)4;1-5(2)7(9)8(10)6(3)4;1-3-6(8)10-5-11-7(9)4-2;1-3-5(7)6(8)4-2;1-3-4-7(2,5)6/h7H2,1-6H3;1-6H3;6-7H,5H2,1-4H3;5-6H,1-4H3;3-5H2,1-2H3;3-4H2,1-2H3;3-4H2,1-2H3. The molecule has 0 atom stereocenters. The topological polar surface area (TPSA) is 294 Å². The van der Waals surface area contributed by atoms with Crippen LogP contribution in [-0.2, 0) is 95.8 Å². The minimum absolute atomic E-state index is 0.157. The van der Waals surface area contributed by atoms with E-state index in [1.807, 2.05) is 6.92 Å². The monoisotopic (exact) mass is 1110 g/mol. The highest BCUT2D eigenvalue weighted by molar-refractivity contribution is 7.90. The molecule has 0 N–H and O–H groups in total. The van der Waals surface area contributed by atoms with Crippen molar-refractivity contribution in [3.63, 3.8) is 0 Å². The molecule has 0 unspecified atom stereocenters. The molecule has 0 aliphatic rings. The molecule has 0 aromatic carbocycles. The third kappa shape index (κ3) is 53.6. The maximum absolute atomic E-state index is 11.5. The second-order valence-corrected chi connectivity index (χ2v) is 24.3. The average molecular weight is 1110 g/mol. The van der Waals surface area contributed by atoms with Gasteiger partial charge >= 0.3 is 35.8 Å². The fourth-order valence-corrected chi connectivity index (χ4v) is 4.17. The highest BCUT2D eigenvalue weighted by Crippen LogP contribution is 2.23. The first-order valence-electron chi connectivity index (χ1n) is 25.4. The summed E-state index contributed by atoms with van der Waals surface area (Å²) in [5.41, 5.74) is -2.25. The molecule has 0 saturated heterocycles. The Bertz CT molecular complexity index is 1790. The number of rotatable bonds is 19. The zero-order valence-electron chi connectivity index (χ0n) is 51.2. The largest absolute Gasteiger partial charge is 0.428 e. The van der Waals surface area contributed by atoms with Gasteiger partial charge in [0.25, 0.3) is 0 Å². The van der Waals surface area contributed by atoms with Crippen LogP contribution in [0.25, 0.3) is 0 Å². The zero-order chi connectivity index (χ0) is 62.3. The van der Waals surface area contributed by atoms with Crippen molar-refractivity contribution >= 4 is 80.4 Å². The van der Waals surface area contributed by atoms with Gasteiger partial charge in [0.2, 0.25) is 43.5 Å². The van der Waals surface area contributed by atoms with Gasteiger partial charge in [0.1, 0.15) is 9.84 Å². The van der Waals surface area contributed by atoms with Crippen LogP contribution in [0.2, 0.25) is 0 Å². The lowest BCUT2D eigenvalue weighted by atomic mass is 9.79. The Morgan fingerprint density at radius 1 is 0.368 bits per heavy atom. The molecule has 21 heteroatoms. The molecular formula is C55H100O20S. The summed E-state index contributed by atoms with van der Waals surface area (Å²) in [6, 6.07) is 0. The fourth-order valence-electron chi connectivity index (χ4n) is 3.43. The van der Waals surface area contributed by atoms with Gasteiger partial charge in [-0.15, -0.1) is 0 Å². The van der Waals surface area contributed by atoms with Gasteiger partial charge in [-0.3, -0.25) is 57.5 Å². The Hall–Kier alpha value is -5.21. The molecule has 0 aliphatic carbocycles. The second-order valence-electron chi connectivity index (χ2n) is 22.1. The summed E-state index contributed by atoms with van der Waals surface area (Å²) in [5.74, 6) is -4.22. The van der Waals surface area contributed by atoms with E-state index in [9.17, 15) is 66.0 Å². The van der Waals surface area contributed by atoms with Crippen molar-refractivity contribution < 1.29 is 94.4 Å². The average Bonchev–Trinajstić information content (AvgIpc) is 3.28. The van der Waals surface area contributed by atoms with Crippen LogP contribution in [0, 0.1) is 45.3 Å². The number of ketones is 6. The first-order valence-corrected chi connectivity index (χ1v) is 27.5. The molecule has 446 valence electrons. The first kappa shape index (κ1) is 84.7. The molecule has 0 aromatic rings. The number of hydrogen-bond acceptors (Lipinski definition) is 20. The van der Waals surface area contributed by atoms with Crippen LogP contribution < -0.4 is 0 Å². The fraction of sp³-hybridized carbons (Fsp3) is 0.782. The van der Waals surface area contributed by atoms with E-state index in [1.54, 1.807) is 166 Å². The van der Waals surface area contributed by atoms with Crippen molar-refractivity contribution in [2.45, 2.75) is 205 Å². The Morgan fingerprint density at radius 2 is 0.618 bits per heavy atom. The van der Waals surface area contributed by atoms with E-state index in [1.165, 1.54) is 6.26 Å². The van der Waals surface area contributed by atoms with Crippen LogP contribution in [-0.4, -0.2) is 111 Å². The lowest BCUT2D eigenvalue weighted by molar-refractivity contribution is -0.178. The lowest BCUT2D eigenvalue weighted by Crippen LogP contribution is -2.36. The number of carbonyl (C=O) groups excluding carboxylic acids is 12. The molecule has 20 nitrogen and oxygen atoms in total. The Labute approximate surface area is 456 Å². The lowest BCUT2D eigenvalue weighted by Gasteiger charge is -2.22. The summed E-state index contributed by atoms with van der Waals surface area (Å²) in [4.78, 5) is 131. The van der Waals surface area contributed by atoms with Crippen molar-refractivity contribution in [1.29, 1.82) is 0 Å². The summed E-state index contributed by atoms with van der Waals surface area (Å²) < 4.78 is 48.3. The van der Waals surface area contributed by atoms with E-state index in [-0.39, 0.29) is 115 Å². The van der Waals surface area contributed by atoms with E-state index in [4.69, 9.17) is 9.47 Å². The molecule has 0 aromatic heterocycles. The predicted molar refractivity (Wildman–Crippen MR) is 290 cm³/mol. The maximum atomic E-state index is 11.5. The van der Waals surface area contributed by atoms with Gasteiger partial charge < -0.3 is 28.4 Å². The Morgan fingerprint density at radius 3 is 0.776 bits per heavy atom. The summed E-state index contributed by atoms with van der Waals surface area (Å²) >= 11 is 0. The van der Waals surface area contributed by atoms with Crippen molar-refractivity contribution in [2.75, 3.05) is 32.4 Å². The number of esters is 6. The number of carbonyl (C=O) groups is 12. The second kappa shape index (κ2) is 42.9. The van der Waals surface area contributed by atoms with Crippen molar-refractivity contribution in [3.8, 4) is 0 Å². The quantitative estimate of drug-likeness (QED) is 0.0503. The minimum Gasteiger partial charge on any atom is -0.428 e. The molecular weight excluding hydrogens is 1010 g/mol. The molecule has 0 amide bonds. The van der Waals surface area contributed by atoms with Gasteiger partial charge in [-0.1, -0.05) is 132 Å². The summed E-state index contributed by atoms with van der Waals surface area (Å²) in [6.07, 6.45) is 3.24. The highest BCUT2D eigenvalue weighted by Gasteiger charge is 2.35. The van der Waals surface area contributed by atoms with Crippen molar-refractivity contribution in [1.82, 2.24) is 0 Å². The number of Topliss-reactive ketones (excluding diaryl/α,β-unsaturated/α-hetero) is 6. The van der Waals surface area contributed by atoms with Crippen LogP contribution in [0.15, 0.2) is 0 Å². The summed E-state index contributed by atoms with van der Waals surface area (Å²) in [5, 5.41) is 0. The summed E-state index contributed by atoms with van der Waals surface area (Å²) in [6.45, 7) is 42.5. The molecule has 0 saturated carbocycles. The zero-order valence-corrected chi connectivity index (χ0v) is 52.1. The smallest absolute Gasteiger partial charge is 0.314 e. The molecule has 0 bridgehead atoms. The molecule has 0 spiro atoms. The molecule has 76 heavy (non-hydrogen) atoms. The maximum Gasteiger partial charge on any atom is 0.314 e. The van der Waals surface area contributed by atoms with E-state index >= 15 is 0 Å². The number of ether oxygens (including phenoxy) is 6. The molecule has 0 fully saturated rings. The van der Waals surface area contributed by atoms with Crippen LogP contribution in [0.3, 0.4) is 0 Å². The molecule has 0 heterocycles. The molecule has 0 rings (SSSR count). The van der Waals surface area contributed by atoms with E-state index in [0.29, 0.717) is 31.4 Å². The van der Waals surface area contributed by atoms with Gasteiger partial charge in [-0.25, -0.2) is 8.42 Å². The third-order valence-corrected chi connectivity index (χ3v) is 9.51. The van der Waals surface area contributed by atoms with Gasteiger partial charge in [0.15, 0.2) is 11.6 Å². The Balaban J connectivity index is -0.000000148. The first-order chi connectivity index (χ1) is 34.0. The van der Waals surface area contributed by atoms with Gasteiger partial charge in [0, 0.05) is 60.4 Å². The van der Waals surface area contributed by atoms with Gasteiger partial charge in [-0.05, 0) is 48.0 Å². The SMILES string of the molecule is CC(C)(C)C(=O)C(=O)C(C)(C)C.CC(C)(C)C(=O)OCOC(=O)C(C)(C)C.CC(C)C(=O)C(=O)C(C)C.CC(C)C(=O)OCOC(=O)C(C)C.CCC(=O)C(=O)CC.CCC(=O)OCOC(=O)CC.CCCS(C)(=O)=O. The van der Waals surface area contributed by atoms with Crippen LogP contribution in [0.5, 0.6) is 0 Å². The highest BCUT2D eigenvalue weighted by atomic mass is 32.2. The predicted octanol–water partition coefficient (Wildman–Crippen LogP) is 9.35.